The second kappa shape index (κ2) is 11.8. The van der Waals surface area contributed by atoms with Crippen LogP contribution in [0.25, 0.3) is 0 Å². The quantitative estimate of drug-likeness (QED) is 0.318. The molecule has 7 atom stereocenters. The fourth-order valence-electron chi connectivity index (χ4n) is 7.41. The predicted octanol–water partition coefficient (Wildman–Crippen LogP) is 9.87. The number of allylic oxidation sites excluding steroid dienone is 3. The first kappa shape index (κ1) is 30.9. The molecular formula is C34H60O2Si. The minimum absolute atomic E-state index is 0.0904. The molecule has 0 unspecified atom stereocenters. The number of rotatable bonds is 8. The maximum absolute atomic E-state index is 10.8. The molecule has 0 aliphatic heterocycles. The van der Waals surface area contributed by atoms with Gasteiger partial charge in [-0.15, -0.1) is 0 Å². The lowest BCUT2D eigenvalue weighted by Gasteiger charge is -2.44. The van der Waals surface area contributed by atoms with Gasteiger partial charge >= 0.3 is 0 Å². The number of aliphatic hydroxyl groups is 1. The van der Waals surface area contributed by atoms with E-state index in [4.69, 9.17) is 4.43 Å². The molecule has 3 aliphatic carbocycles. The summed E-state index contributed by atoms with van der Waals surface area (Å²) in [7, 11) is -1.88. The molecule has 0 radical (unpaired) electrons. The minimum atomic E-state index is -1.88. The highest BCUT2D eigenvalue weighted by Crippen LogP contribution is 2.60. The predicted molar refractivity (Wildman–Crippen MR) is 163 cm³/mol. The van der Waals surface area contributed by atoms with Gasteiger partial charge < -0.3 is 9.53 Å². The molecule has 1 N–H and O–H groups in total. The lowest BCUT2D eigenvalue weighted by molar-refractivity contribution is 0.0903. The summed E-state index contributed by atoms with van der Waals surface area (Å²) in [5, 5.41) is 11.0. The molecule has 3 saturated carbocycles. The van der Waals surface area contributed by atoms with E-state index in [1.54, 1.807) is 5.57 Å². The van der Waals surface area contributed by atoms with Gasteiger partial charge in [0.25, 0.3) is 0 Å². The Morgan fingerprint density at radius 2 is 1.78 bits per heavy atom. The summed E-state index contributed by atoms with van der Waals surface area (Å²) in [6, 6.07) is 0. The Hall–Kier alpha value is -0.643. The van der Waals surface area contributed by atoms with Crippen molar-refractivity contribution >= 4 is 8.32 Å². The topological polar surface area (TPSA) is 29.5 Å². The maximum Gasteiger partial charge on any atom is 0.192 e. The first-order valence-corrected chi connectivity index (χ1v) is 18.4. The van der Waals surface area contributed by atoms with Crippen molar-refractivity contribution in [3.8, 4) is 0 Å². The largest absolute Gasteiger partial charge is 0.413 e. The highest BCUT2D eigenvalue weighted by molar-refractivity contribution is 6.74. The highest BCUT2D eigenvalue weighted by atomic mass is 28.4. The van der Waals surface area contributed by atoms with Crippen molar-refractivity contribution in [1.82, 2.24) is 0 Å². The first-order valence-electron chi connectivity index (χ1n) is 15.5. The molecule has 0 heterocycles. The summed E-state index contributed by atoms with van der Waals surface area (Å²) < 4.78 is 6.74. The van der Waals surface area contributed by atoms with E-state index in [0.717, 1.165) is 35.7 Å². The standard InChI is InChI=1S/C34H60O2Si/c1-23(2)24(3)14-15-25(4)30-18-19-31-27(13-12-20-34(30,31)9)16-17-28-21-29(22-32(35)26(28)5)36-37(10,11)33(6,7)8/h16-17,23-25,29-32,35H,5,12-15,18-22H2,1-4,6-11H3/b27-16+,28-17+/t24-,25+,29+,30+,31-,32-,34+/m0/s1. The molecule has 0 aromatic carbocycles. The summed E-state index contributed by atoms with van der Waals surface area (Å²) >= 11 is 0. The smallest absolute Gasteiger partial charge is 0.192 e. The third-order valence-electron chi connectivity index (χ3n) is 11.5. The van der Waals surface area contributed by atoms with Crippen LogP contribution < -0.4 is 0 Å². The molecule has 0 saturated heterocycles. The average molecular weight is 529 g/mol. The molecule has 3 rings (SSSR count). The second-order valence-corrected chi connectivity index (χ2v) is 20.0. The molecule has 0 aromatic heterocycles. The molecule has 0 bridgehead atoms. The van der Waals surface area contributed by atoms with Crippen molar-refractivity contribution in [2.45, 2.75) is 144 Å². The van der Waals surface area contributed by atoms with Crippen molar-refractivity contribution in [3.05, 3.63) is 35.5 Å². The monoisotopic (exact) mass is 528 g/mol. The number of fused-ring (bicyclic) bond motifs is 1. The zero-order valence-corrected chi connectivity index (χ0v) is 27.1. The summed E-state index contributed by atoms with van der Waals surface area (Å²) in [6.45, 7) is 28.1. The highest BCUT2D eigenvalue weighted by Gasteiger charge is 2.50. The van der Waals surface area contributed by atoms with E-state index in [2.05, 4.69) is 87.2 Å². The SMILES string of the molecule is C=C1/C(=C/C=C2\CCC[C@]3(C)[C@@H]([C@H](C)CC[C@H](C)C(C)C)CC[C@@H]23)C[C@@H](O[Si](C)(C)C(C)(C)C)C[C@@H]1O. The number of hydrogen-bond donors (Lipinski definition) is 1. The van der Waals surface area contributed by atoms with Crippen LogP contribution in [-0.4, -0.2) is 25.6 Å². The summed E-state index contributed by atoms with van der Waals surface area (Å²) in [4.78, 5) is 0. The van der Waals surface area contributed by atoms with Crippen molar-refractivity contribution in [2.75, 3.05) is 0 Å². The first-order chi connectivity index (χ1) is 17.1. The number of hydrogen-bond acceptors (Lipinski definition) is 2. The van der Waals surface area contributed by atoms with Crippen molar-refractivity contribution in [2.24, 2.45) is 35.0 Å². The van der Waals surface area contributed by atoms with Crippen molar-refractivity contribution in [1.29, 1.82) is 0 Å². The molecular weight excluding hydrogens is 468 g/mol. The zero-order valence-electron chi connectivity index (χ0n) is 26.1. The third-order valence-corrected chi connectivity index (χ3v) is 16.0. The van der Waals surface area contributed by atoms with Crippen molar-refractivity contribution < 1.29 is 9.53 Å². The molecule has 3 heteroatoms. The molecule has 3 aliphatic rings. The van der Waals surface area contributed by atoms with Crippen molar-refractivity contribution in [3.63, 3.8) is 0 Å². The van der Waals surface area contributed by atoms with E-state index in [9.17, 15) is 5.11 Å². The van der Waals surface area contributed by atoms with Gasteiger partial charge in [-0.05, 0) is 103 Å². The van der Waals surface area contributed by atoms with E-state index >= 15 is 0 Å². The van der Waals surface area contributed by atoms with E-state index in [1.165, 1.54) is 50.5 Å². The van der Waals surface area contributed by atoms with Gasteiger partial charge in [0.05, 0.1) is 12.2 Å². The summed E-state index contributed by atoms with van der Waals surface area (Å²) in [6.07, 6.45) is 15.3. The third kappa shape index (κ3) is 6.93. The van der Waals surface area contributed by atoms with Gasteiger partial charge in [0.1, 0.15) is 0 Å². The van der Waals surface area contributed by atoms with Gasteiger partial charge in [0, 0.05) is 6.42 Å². The van der Waals surface area contributed by atoms with E-state index in [-0.39, 0.29) is 11.1 Å². The van der Waals surface area contributed by atoms with Gasteiger partial charge in [-0.25, -0.2) is 0 Å². The maximum atomic E-state index is 10.8. The fourth-order valence-corrected chi connectivity index (χ4v) is 8.77. The van der Waals surface area contributed by atoms with E-state index in [1.807, 2.05) is 0 Å². The Morgan fingerprint density at radius 1 is 1.11 bits per heavy atom. The zero-order chi connectivity index (χ0) is 27.8. The lowest BCUT2D eigenvalue weighted by Crippen LogP contribution is -2.46. The Kier molecular flexibility index (Phi) is 9.89. The molecule has 37 heavy (non-hydrogen) atoms. The summed E-state index contributed by atoms with van der Waals surface area (Å²) in [5.41, 5.74) is 4.21. The van der Waals surface area contributed by atoms with Gasteiger partial charge in [0.2, 0.25) is 0 Å². The minimum Gasteiger partial charge on any atom is -0.413 e. The number of aliphatic hydroxyl groups excluding tert-OH is 1. The van der Waals surface area contributed by atoms with Gasteiger partial charge in [-0.3, -0.25) is 0 Å². The van der Waals surface area contributed by atoms with Gasteiger partial charge in [-0.2, -0.15) is 0 Å². The van der Waals surface area contributed by atoms with Crippen LogP contribution in [0, 0.1) is 35.0 Å². The van der Waals surface area contributed by atoms with Gasteiger partial charge in [-0.1, -0.05) is 92.5 Å². The van der Waals surface area contributed by atoms with Crippen LogP contribution >= 0.6 is 0 Å². The van der Waals surface area contributed by atoms with Crippen LogP contribution in [-0.2, 0) is 4.43 Å². The van der Waals surface area contributed by atoms with Crippen LogP contribution in [0.2, 0.25) is 18.1 Å². The Morgan fingerprint density at radius 3 is 2.41 bits per heavy atom. The fraction of sp³-hybridized carbons (Fsp3) is 0.824. The molecule has 2 nitrogen and oxygen atoms in total. The van der Waals surface area contributed by atoms with Crippen LogP contribution in [0.1, 0.15) is 113 Å². The Bertz CT molecular complexity index is 860. The Labute approximate surface area is 231 Å². The summed E-state index contributed by atoms with van der Waals surface area (Å²) in [5.74, 6) is 3.99. The normalized spacial score (nSPS) is 35.3. The lowest BCUT2D eigenvalue weighted by atomic mass is 9.60. The van der Waals surface area contributed by atoms with Crippen LogP contribution in [0.4, 0.5) is 0 Å². The second-order valence-electron chi connectivity index (χ2n) is 15.3. The van der Waals surface area contributed by atoms with Crippen LogP contribution in [0.5, 0.6) is 0 Å². The van der Waals surface area contributed by atoms with Crippen LogP contribution in [0.3, 0.4) is 0 Å². The molecule has 0 amide bonds. The van der Waals surface area contributed by atoms with E-state index < -0.39 is 14.4 Å². The van der Waals surface area contributed by atoms with E-state index in [0.29, 0.717) is 17.8 Å². The van der Waals surface area contributed by atoms with Crippen LogP contribution in [0.15, 0.2) is 35.5 Å². The molecule has 0 aromatic rings. The molecule has 212 valence electrons. The average Bonchev–Trinajstić information content (AvgIpc) is 3.15. The Balaban J connectivity index is 1.74. The van der Waals surface area contributed by atoms with Gasteiger partial charge in [0.15, 0.2) is 8.32 Å². The molecule has 3 fully saturated rings. The molecule has 0 spiro atoms.